The van der Waals surface area contributed by atoms with Crippen LogP contribution in [0.25, 0.3) is 11.4 Å². The number of methoxy groups -OCH3 is 1. The molecule has 2 atom stereocenters. The summed E-state index contributed by atoms with van der Waals surface area (Å²) in [7, 11) is 5.82. The SMILES string of the molecule is CCO[C@H]1CN(C(=O)OC)CC1Nc1c(CC)nc(-c2ccc(N(C)C)nc2C(F)(F)F)n(C)c1=O. The van der Waals surface area contributed by atoms with Crippen LogP contribution < -0.4 is 15.8 Å². The number of aromatic nitrogens is 3. The number of hydrogen-bond donors (Lipinski definition) is 1. The van der Waals surface area contributed by atoms with E-state index in [9.17, 15) is 22.8 Å². The molecule has 10 nitrogen and oxygen atoms in total. The number of hydrogen-bond acceptors (Lipinski definition) is 8. The number of aryl methyl sites for hydroxylation is 1. The first-order valence-electron chi connectivity index (χ1n) is 11.5. The third-order valence-electron chi connectivity index (χ3n) is 5.96. The fraction of sp³-hybridized carbons (Fsp3) is 0.565. The van der Waals surface area contributed by atoms with Crippen molar-refractivity contribution in [1.29, 1.82) is 0 Å². The number of rotatable bonds is 7. The van der Waals surface area contributed by atoms with Crippen molar-refractivity contribution in [1.82, 2.24) is 19.4 Å². The van der Waals surface area contributed by atoms with E-state index >= 15 is 0 Å². The monoisotopic (exact) mass is 512 g/mol. The van der Waals surface area contributed by atoms with E-state index in [2.05, 4.69) is 15.3 Å². The van der Waals surface area contributed by atoms with Crippen LogP contribution in [0.2, 0.25) is 0 Å². The molecule has 1 fully saturated rings. The topological polar surface area (TPSA) is 102 Å². The van der Waals surface area contributed by atoms with Gasteiger partial charge in [-0.05, 0) is 25.5 Å². The van der Waals surface area contributed by atoms with Gasteiger partial charge in [0.2, 0.25) is 0 Å². The molecule has 0 aromatic carbocycles. The minimum Gasteiger partial charge on any atom is -0.453 e. The molecule has 36 heavy (non-hydrogen) atoms. The summed E-state index contributed by atoms with van der Waals surface area (Å²) in [5.41, 5.74) is -1.52. The third-order valence-corrected chi connectivity index (χ3v) is 5.96. The van der Waals surface area contributed by atoms with Crippen molar-refractivity contribution < 1.29 is 27.4 Å². The molecule has 2 aromatic heterocycles. The van der Waals surface area contributed by atoms with E-state index in [0.717, 1.165) is 4.57 Å². The highest BCUT2D eigenvalue weighted by Gasteiger charge is 2.39. The van der Waals surface area contributed by atoms with Gasteiger partial charge in [-0.2, -0.15) is 13.2 Å². The van der Waals surface area contributed by atoms with Crippen molar-refractivity contribution in [3.63, 3.8) is 0 Å². The number of ether oxygens (including phenoxy) is 2. The maximum Gasteiger partial charge on any atom is 0.434 e. The summed E-state index contributed by atoms with van der Waals surface area (Å²) < 4.78 is 53.4. The van der Waals surface area contributed by atoms with E-state index in [-0.39, 0.29) is 42.4 Å². The molecule has 0 aliphatic carbocycles. The van der Waals surface area contributed by atoms with Gasteiger partial charge in [0.15, 0.2) is 5.69 Å². The van der Waals surface area contributed by atoms with Crippen LogP contribution >= 0.6 is 0 Å². The van der Waals surface area contributed by atoms with Crippen molar-refractivity contribution in [2.24, 2.45) is 7.05 Å². The highest BCUT2D eigenvalue weighted by Crippen LogP contribution is 2.36. The molecular formula is C23H31F3N6O4. The van der Waals surface area contributed by atoms with E-state index < -0.39 is 35.7 Å². The average molecular weight is 513 g/mol. The van der Waals surface area contributed by atoms with Crippen LogP contribution in [0, 0.1) is 0 Å². The molecule has 2 aromatic rings. The summed E-state index contributed by atoms with van der Waals surface area (Å²) in [6.07, 6.45) is -5.41. The van der Waals surface area contributed by atoms with E-state index in [1.54, 1.807) is 21.0 Å². The van der Waals surface area contributed by atoms with E-state index in [0.29, 0.717) is 12.3 Å². The number of amides is 1. The maximum absolute atomic E-state index is 13.9. The average Bonchev–Trinajstić information content (AvgIpc) is 3.23. The lowest BCUT2D eigenvalue weighted by molar-refractivity contribution is -0.140. The molecule has 1 aliphatic heterocycles. The lowest BCUT2D eigenvalue weighted by Crippen LogP contribution is -2.38. The lowest BCUT2D eigenvalue weighted by Gasteiger charge is -2.23. The number of carbonyl (C=O) groups excluding carboxylic acids is 1. The number of nitrogens with one attached hydrogen (secondary N) is 1. The standard InChI is InChI=1S/C23H31F3N6O4/c1-7-14-18(27-15-11-32(22(34)35-6)12-16(15)36-8-2)21(33)31(5)20(28-14)13-9-10-17(30(3)4)29-19(13)23(24,25)26/h9-10,15-16,27H,7-8,11-12H2,1-6H3/t15?,16-/m0/s1. The lowest BCUT2D eigenvalue weighted by atomic mass is 10.1. The minimum absolute atomic E-state index is 0.128. The molecule has 1 amide bonds. The molecule has 3 heterocycles. The Morgan fingerprint density at radius 1 is 1.22 bits per heavy atom. The summed E-state index contributed by atoms with van der Waals surface area (Å²) in [6.45, 7) is 4.45. The van der Waals surface area contributed by atoms with Crippen molar-refractivity contribution >= 4 is 17.6 Å². The molecule has 1 saturated heterocycles. The minimum atomic E-state index is -4.76. The largest absolute Gasteiger partial charge is 0.453 e. The van der Waals surface area contributed by atoms with Gasteiger partial charge in [0.25, 0.3) is 5.56 Å². The zero-order chi connectivity index (χ0) is 26.8. The number of pyridine rings is 1. The van der Waals surface area contributed by atoms with Crippen LogP contribution in [-0.4, -0.2) is 78.6 Å². The van der Waals surface area contributed by atoms with Crippen LogP contribution in [0.15, 0.2) is 16.9 Å². The Morgan fingerprint density at radius 2 is 1.92 bits per heavy atom. The van der Waals surface area contributed by atoms with Crippen molar-refractivity contribution in [3.05, 3.63) is 33.9 Å². The quantitative estimate of drug-likeness (QED) is 0.605. The number of carbonyl (C=O) groups is 1. The van der Waals surface area contributed by atoms with Gasteiger partial charge >= 0.3 is 12.3 Å². The summed E-state index contributed by atoms with van der Waals surface area (Å²) in [6, 6.07) is 2.28. The number of alkyl halides is 3. The highest BCUT2D eigenvalue weighted by atomic mass is 19.4. The van der Waals surface area contributed by atoms with Crippen LogP contribution in [-0.2, 0) is 29.1 Å². The van der Waals surface area contributed by atoms with E-state index in [1.807, 2.05) is 6.92 Å². The molecule has 1 unspecified atom stereocenters. The summed E-state index contributed by atoms with van der Waals surface area (Å²) in [4.78, 5) is 36.6. The van der Waals surface area contributed by atoms with E-state index in [1.165, 1.54) is 36.1 Å². The predicted octanol–water partition coefficient (Wildman–Crippen LogP) is 2.76. The third kappa shape index (κ3) is 5.40. The molecule has 3 rings (SSSR count). The molecule has 0 radical (unpaired) electrons. The Kier molecular flexibility index (Phi) is 8.12. The van der Waals surface area contributed by atoms with Gasteiger partial charge in [0.05, 0.1) is 31.5 Å². The number of anilines is 2. The molecule has 0 spiro atoms. The maximum atomic E-state index is 13.9. The van der Waals surface area contributed by atoms with Crippen molar-refractivity contribution in [2.75, 3.05) is 51.1 Å². The van der Waals surface area contributed by atoms with Gasteiger partial charge < -0.3 is 24.6 Å². The Labute approximate surface area is 207 Å². The summed E-state index contributed by atoms with van der Waals surface area (Å²) in [5, 5.41) is 3.15. The Morgan fingerprint density at radius 3 is 2.47 bits per heavy atom. The molecule has 1 N–H and O–H groups in total. The second kappa shape index (κ2) is 10.7. The normalized spacial score (nSPS) is 17.9. The van der Waals surface area contributed by atoms with Crippen molar-refractivity contribution in [2.45, 2.75) is 38.6 Å². The molecule has 1 aliphatic rings. The van der Waals surface area contributed by atoms with Gasteiger partial charge in [-0.25, -0.2) is 14.8 Å². The first-order chi connectivity index (χ1) is 16.9. The number of likely N-dealkylation sites (tertiary alicyclic amines) is 1. The Balaban J connectivity index is 2.08. The van der Waals surface area contributed by atoms with Gasteiger partial charge in [0.1, 0.15) is 17.3 Å². The fourth-order valence-corrected chi connectivity index (χ4v) is 4.14. The summed E-state index contributed by atoms with van der Waals surface area (Å²) in [5.74, 6) is -0.0139. The van der Waals surface area contributed by atoms with Crippen LogP contribution in [0.1, 0.15) is 25.2 Å². The summed E-state index contributed by atoms with van der Waals surface area (Å²) >= 11 is 0. The second-order valence-electron chi connectivity index (χ2n) is 8.55. The predicted molar refractivity (Wildman–Crippen MR) is 128 cm³/mol. The highest BCUT2D eigenvalue weighted by molar-refractivity contribution is 5.68. The van der Waals surface area contributed by atoms with Crippen molar-refractivity contribution in [3.8, 4) is 11.4 Å². The molecule has 0 saturated carbocycles. The Hall–Kier alpha value is -3.35. The number of nitrogens with zero attached hydrogens (tertiary/aromatic N) is 5. The molecule has 13 heteroatoms. The van der Waals surface area contributed by atoms with Gasteiger partial charge in [0, 0.05) is 39.9 Å². The molecule has 0 bridgehead atoms. The first kappa shape index (κ1) is 27.2. The Bertz CT molecular complexity index is 1170. The molecule has 198 valence electrons. The van der Waals surface area contributed by atoms with E-state index in [4.69, 9.17) is 9.47 Å². The van der Waals surface area contributed by atoms with Crippen LogP contribution in [0.5, 0.6) is 0 Å². The first-order valence-corrected chi connectivity index (χ1v) is 11.5. The van der Waals surface area contributed by atoms with Crippen LogP contribution in [0.3, 0.4) is 0 Å². The fourth-order valence-electron chi connectivity index (χ4n) is 4.14. The van der Waals surface area contributed by atoms with Gasteiger partial charge in [-0.3, -0.25) is 9.36 Å². The van der Waals surface area contributed by atoms with Crippen LogP contribution in [0.4, 0.5) is 29.5 Å². The zero-order valence-corrected chi connectivity index (χ0v) is 21.1. The second-order valence-corrected chi connectivity index (χ2v) is 8.55. The van der Waals surface area contributed by atoms with Gasteiger partial charge in [-0.1, -0.05) is 6.92 Å². The number of halogens is 3. The van der Waals surface area contributed by atoms with Gasteiger partial charge in [-0.15, -0.1) is 0 Å². The zero-order valence-electron chi connectivity index (χ0n) is 21.1. The smallest absolute Gasteiger partial charge is 0.434 e. The molecular weight excluding hydrogens is 481 g/mol.